The van der Waals surface area contributed by atoms with Crippen LogP contribution < -0.4 is 16.4 Å². The van der Waals surface area contributed by atoms with Crippen molar-refractivity contribution in [1.82, 2.24) is 19.9 Å². The Bertz CT molecular complexity index is 1340. The van der Waals surface area contributed by atoms with E-state index in [9.17, 15) is 14.4 Å². The van der Waals surface area contributed by atoms with Gasteiger partial charge in [-0.25, -0.2) is 4.98 Å². The standard InChI is InChI=1S/C22H17ClN4O3/c23-17-5-2-1-4-16(17)12-25-20(28)15-9-7-14(8-10-15)13-27-19-18(6-3-11-24-19)26-21(29)22(27)30/h1-11H,12-13H2,(H,25,28)(H,26,29). The second-order valence-electron chi connectivity index (χ2n) is 6.69. The number of fused-ring (bicyclic) bond motifs is 1. The summed E-state index contributed by atoms with van der Waals surface area (Å²) in [7, 11) is 0. The number of rotatable bonds is 5. The molecule has 0 saturated carbocycles. The van der Waals surface area contributed by atoms with Crippen LogP contribution in [0.5, 0.6) is 0 Å². The number of H-pyrrole nitrogens is 1. The van der Waals surface area contributed by atoms with Crippen molar-refractivity contribution in [3.05, 3.63) is 109 Å². The summed E-state index contributed by atoms with van der Waals surface area (Å²) in [5, 5.41) is 3.43. The number of aromatic nitrogens is 3. The van der Waals surface area contributed by atoms with Crippen molar-refractivity contribution in [2.75, 3.05) is 0 Å². The fourth-order valence-corrected chi connectivity index (χ4v) is 3.32. The lowest BCUT2D eigenvalue weighted by atomic mass is 10.1. The van der Waals surface area contributed by atoms with E-state index in [2.05, 4.69) is 15.3 Å². The van der Waals surface area contributed by atoms with Gasteiger partial charge in [0.2, 0.25) is 0 Å². The number of nitrogens with one attached hydrogen (secondary N) is 2. The molecule has 7 nitrogen and oxygen atoms in total. The molecule has 150 valence electrons. The van der Waals surface area contributed by atoms with Crippen molar-refractivity contribution >= 4 is 28.7 Å². The summed E-state index contributed by atoms with van der Waals surface area (Å²) in [5.41, 5.74) is 1.57. The van der Waals surface area contributed by atoms with Crippen LogP contribution in [0, 0.1) is 0 Å². The number of hydrogen-bond acceptors (Lipinski definition) is 4. The highest BCUT2D eigenvalue weighted by Crippen LogP contribution is 2.15. The van der Waals surface area contributed by atoms with Crippen LogP contribution in [0.25, 0.3) is 11.2 Å². The predicted octanol–water partition coefficient (Wildman–Crippen LogP) is 2.72. The van der Waals surface area contributed by atoms with E-state index in [-0.39, 0.29) is 12.5 Å². The molecule has 4 rings (SSSR count). The third-order valence-corrected chi connectivity index (χ3v) is 5.05. The number of nitrogens with zero attached hydrogens (tertiary/aromatic N) is 2. The third-order valence-electron chi connectivity index (χ3n) is 4.68. The number of hydrogen-bond donors (Lipinski definition) is 2. The van der Waals surface area contributed by atoms with Gasteiger partial charge < -0.3 is 10.3 Å². The van der Waals surface area contributed by atoms with E-state index in [0.717, 1.165) is 11.1 Å². The molecule has 2 aromatic carbocycles. The molecule has 0 aliphatic heterocycles. The van der Waals surface area contributed by atoms with E-state index >= 15 is 0 Å². The lowest BCUT2D eigenvalue weighted by molar-refractivity contribution is 0.0951. The lowest BCUT2D eigenvalue weighted by Crippen LogP contribution is -2.36. The molecule has 2 N–H and O–H groups in total. The summed E-state index contributed by atoms with van der Waals surface area (Å²) in [6.45, 7) is 0.484. The van der Waals surface area contributed by atoms with Crippen LogP contribution in [0.15, 0.2) is 76.4 Å². The smallest absolute Gasteiger partial charge is 0.318 e. The zero-order valence-electron chi connectivity index (χ0n) is 15.8. The van der Waals surface area contributed by atoms with Crippen LogP contribution in [-0.4, -0.2) is 20.4 Å². The molecule has 0 aliphatic carbocycles. The molecule has 0 aliphatic rings. The van der Waals surface area contributed by atoms with E-state index in [0.29, 0.717) is 28.3 Å². The van der Waals surface area contributed by atoms with Crippen molar-refractivity contribution in [2.45, 2.75) is 13.1 Å². The molecule has 0 atom stereocenters. The minimum atomic E-state index is -0.703. The highest BCUT2D eigenvalue weighted by molar-refractivity contribution is 6.31. The summed E-state index contributed by atoms with van der Waals surface area (Å²) < 4.78 is 1.32. The van der Waals surface area contributed by atoms with Gasteiger partial charge in [0.25, 0.3) is 5.91 Å². The van der Waals surface area contributed by atoms with Crippen LogP contribution in [0.2, 0.25) is 5.02 Å². The first-order valence-electron chi connectivity index (χ1n) is 9.21. The molecule has 0 bridgehead atoms. The largest absolute Gasteiger partial charge is 0.348 e. The number of pyridine rings is 1. The molecule has 0 unspecified atom stereocenters. The Morgan fingerprint density at radius 1 is 1.03 bits per heavy atom. The van der Waals surface area contributed by atoms with Crippen molar-refractivity contribution < 1.29 is 4.79 Å². The van der Waals surface area contributed by atoms with E-state index in [4.69, 9.17) is 11.6 Å². The fourth-order valence-electron chi connectivity index (χ4n) is 3.11. The summed E-state index contributed by atoms with van der Waals surface area (Å²) in [4.78, 5) is 43.4. The molecule has 8 heteroatoms. The van der Waals surface area contributed by atoms with Gasteiger partial charge in [0.1, 0.15) is 0 Å². The zero-order chi connectivity index (χ0) is 21.1. The topological polar surface area (TPSA) is 96.9 Å². The van der Waals surface area contributed by atoms with E-state index < -0.39 is 11.1 Å². The van der Waals surface area contributed by atoms with Crippen LogP contribution in [0.4, 0.5) is 0 Å². The minimum absolute atomic E-state index is 0.164. The highest BCUT2D eigenvalue weighted by atomic mass is 35.5. The van der Waals surface area contributed by atoms with Crippen molar-refractivity contribution in [3.63, 3.8) is 0 Å². The quantitative estimate of drug-likeness (QED) is 0.485. The Balaban J connectivity index is 1.52. The Morgan fingerprint density at radius 3 is 2.57 bits per heavy atom. The molecular weight excluding hydrogens is 404 g/mol. The highest BCUT2D eigenvalue weighted by Gasteiger charge is 2.10. The molecule has 2 aromatic heterocycles. The first kappa shape index (κ1) is 19.6. The first-order valence-corrected chi connectivity index (χ1v) is 9.59. The molecule has 2 heterocycles. The number of aromatic amines is 1. The Kier molecular flexibility index (Phi) is 5.45. The lowest BCUT2D eigenvalue weighted by Gasteiger charge is -2.10. The summed E-state index contributed by atoms with van der Waals surface area (Å²) in [6, 6.07) is 17.5. The molecule has 0 spiro atoms. The third kappa shape index (κ3) is 4.01. The van der Waals surface area contributed by atoms with Gasteiger partial charge in [-0.05, 0) is 41.5 Å². The molecule has 1 amide bonds. The average molecular weight is 421 g/mol. The van der Waals surface area contributed by atoms with Gasteiger partial charge in [-0.2, -0.15) is 0 Å². The van der Waals surface area contributed by atoms with Crippen molar-refractivity contribution in [2.24, 2.45) is 0 Å². The van der Waals surface area contributed by atoms with Crippen LogP contribution in [0.3, 0.4) is 0 Å². The van der Waals surface area contributed by atoms with Crippen molar-refractivity contribution in [1.29, 1.82) is 0 Å². The van der Waals surface area contributed by atoms with Gasteiger partial charge in [-0.3, -0.25) is 19.0 Å². The maximum atomic E-state index is 12.4. The van der Waals surface area contributed by atoms with Crippen LogP contribution >= 0.6 is 11.6 Å². The first-order chi connectivity index (χ1) is 14.5. The van der Waals surface area contributed by atoms with Gasteiger partial charge in [-0.15, -0.1) is 0 Å². The number of carbonyl (C=O) groups is 1. The van der Waals surface area contributed by atoms with Gasteiger partial charge in [0.15, 0.2) is 5.65 Å². The Morgan fingerprint density at radius 2 is 1.80 bits per heavy atom. The summed E-state index contributed by atoms with van der Waals surface area (Å²) in [5.74, 6) is -0.234. The molecule has 0 radical (unpaired) electrons. The van der Waals surface area contributed by atoms with Crippen LogP contribution in [0.1, 0.15) is 21.5 Å². The van der Waals surface area contributed by atoms with Crippen molar-refractivity contribution in [3.8, 4) is 0 Å². The SMILES string of the molecule is O=C(NCc1ccccc1Cl)c1ccc(Cn2c(=O)c(=O)[nH]c3cccnc32)cc1. The summed E-state index contributed by atoms with van der Waals surface area (Å²) in [6.07, 6.45) is 1.56. The second kappa shape index (κ2) is 8.34. The van der Waals surface area contributed by atoms with E-state index in [1.54, 1.807) is 48.7 Å². The monoisotopic (exact) mass is 420 g/mol. The molecule has 0 fully saturated rings. The van der Waals surface area contributed by atoms with Gasteiger partial charge in [0, 0.05) is 23.3 Å². The summed E-state index contributed by atoms with van der Waals surface area (Å²) >= 11 is 6.11. The zero-order valence-corrected chi connectivity index (χ0v) is 16.5. The van der Waals surface area contributed by atoms with E-state index in [1.807, 2.05) is 18.2 Å². The minimum Gasteiger partial charge on any atom is -0.348 e. The molecule has 0 saturated heterocycles. The number of amides is 1. The predicted molar refractivity (Wildman–Crippen MR) is 115 cm³/mol. The van der Waals surface area contributed by atoms with Crippen LogP contribution in [-0.2, 0) is 13.1 Å². The number of halogens is 1. The van der Waals surface area contributed by atoms with E-state index in [1.165, 1.54) is 4.57 Å². The normalized spacial score (nSPS) is 10.8. The fraction of sp³-hybridized carbons (Fsp3) is 0.0909. The molecule has 30 heavy (non-hydrogen) atoms. The van der Waals surface area contributed by atoms with Gasteiger partial charge in [0.05, 0.1) is 12.1 Å². The maximum Gasteiger partial charge on any atom is 0.318 e. The van der Waals surface area contributed by atoms with Gasteiger partial charge >= 0.3 is 11.1 Å². The van der Waals surface area contributed by atoms with Gasteiger partial charge in [-0.1, -0.05) is 41.9 Å². The second-order valence-corrected chi connectivity index (χ2v) is 7.10. The Labute approximate surface area is 176 Å². The molecular formula is C22H17ClN4O3. The number of carbonyl (C=O) groups excluding carboxylic acids is 1. The average Bonchev–Trinajstić information content (AvgIpc) is 2.76. The maximum absolute atomic E-state index is 12.4. The Hall–Kier alpha value is -3.71. The molecule has 4 aromatic rings. The number of benzene rings is 2.